The Hall–Kier alpha value is -3.88. The highest BCUT2D eigenvalue weighted by molar-refractivity contribution is 5.91. The van der Waals surface area contributed by atoms with Crippen LogP contribution in [0.25, 0.3) is 11.9 Å². The molecule has 0 saturated carbocycles. The molecule has 0 bridgehead atoms. The van der Waals surface area contributed by atoms with E-state index >= 15 is 0 Å². The number of carbonyl (C=O) groups excluding carboxylic acids is 1. The Morgan fingerprint density at radius 3 is 2.96 bits per heavy atom. The van der Waals surface area contributed by atoms with E-state index in [1.54, 1.807) is 47.4 Å². The topological polar surface area (TPSA) is 100 Å². The predicted molar refractivity (Wildman–Crippen MR) is 100 cm³/mol. The van der Waals surface area contributed by atoms with E-state index in [1.165, 1.54) is 16.8 Å². The number of carbonyl (C=O) groups is 1. The molecule has 2 aromatic heterocycles. The maximum atomic E-state index is 12.0. The van der Waals surface area contributed by atoms with Gasteiger partial charge in [0.15, 0.2) is 17.3 Å². The normalized spacial score (nSPS) is 12.4. The van der Waals surface area contributed by atoms with Gasteiger partial charge in [-0.3, -0.25) is 9.59 Å². The maximum absolute atomic E-state index is 12.0. The lowest BCUT2D eigenvalue weighted by atomic mass is 10.2. The minimum Gasteiger partial charge on any atom is -0.454 e. The van der Waals surface area contributed by atoms with Gasteiger partial charge >= 0.3 is 0 Å². The SMILES string of the molecule is O=C(/C=C/c1ccc2c(c1)OCO2)NCCn1nc(-n2cccn2)ccc1=O. The maximum Gasteiger partial charge on any atom is 0.266 e. The van der Waals surface area contributed by atoms with E-state index in [-0.39, 0.29) is 31.3 Å². The first-order chi connectivity index (χ1) is 13.7. The molecule has 0 fully saturated rings. The summed E-state index contributed by atoms with van der Waals surface area (Å²) in [6, 6.07) is 10.2. The second kappa shape index (κ2) is 7.78. The van der Waals surface area contributed by atoms with Crippen LogP contribution in [-0.2, 0) is 11.3 Å². The van der Waals surface area contributed by atoms with Crippen LogP contribution in [0, 0.1) is 0 Å². The van der Waals surface area contributed by atoms with Gasteiger partial charge in [-0.2, -0.15) is 5.10 Å². The van der Waals surface area contributed by atoms with Gasteiger partial charge in [0.2, 0.25) is 12.7 Å². The third kappa shape index (κ3) is 3.93. The Labute approximate surface area is 159 Å². The molecule has 1 aromatic carbocycles. The summed E-state index contributed by atoms with van der Waals surface area (Å²) in [6.07, 6.45) is 6.47. The van der Waals surface area contributed by atoms with Gasteiger partial charge in [-0.1, -0.05) is 6.07 Å². The van der Waals surface area contributed by atoms with Crippen molar-refractivity contribution in [3.63, 3.8) is 0 Å². The molecule has 1 N–H and O–H groups in total. The summed E-state index contributed by atoms with van der Waals surface area (Å²) < 4.78 is 13.4. The van der Waals surface area contributed by atoms with Crippen molar-refractivity contribution in [2.24, 2.45) is 0 Å². The molecular formula is C19H17N5O4. The van der Waals surface area contributed by atoms with Gasteiger partial charge in [0.25, 0.3) is 5.56 Å². The van der Waals surface area contributed by atoms with Crippen LogP contribution in [0.2, 0.25) is 0 Å². The molecule has 3 aromatic rings. The number of fused-ring (bicyclic) bond motifs is 1. The summed E-state index contributed by atoms with van der Waals surface area (Å²) in [6.45, 7) is 0.718. The monoisotopic (exact) mass is 379 g/mol. The van der Waals surface area contributed by atoms with Crippen molar-refractivity contribution < 1.29 is 14.3 Å². The fourth-order valence-electron chi connectivity index (χ4n) is 2.66. The average Bonchev–Trinajstić information content (AvgIpc) is 3.39. The number of hydrogen-bond acceptors (Lipinski definition) is 6. The second-order valence-electron chi connectivity index (χ2n) is 5.94. The summed E-state index contributed by atoms with van der Waals surface area (Å²) in [7, 11) is 0. The third-order valence-corrected chi connectivity index (χ3v) is 4.04. The molecule has 9 nitrogen and oxygen atoms in total. The van der Waals surface area contributed by atoms with Crippen LogP contribution in [0.3, 0.4) is 0 Å². The van der Waals surface area contributed by atoms with Crippen molar-refractivity contribution in [1.82, 2.24) is 24.9 Å². The highest BCUT2D eigenvalue weighted by Gasteiger charge is 2.12. The first-order valence-electron chi connectivity index (χ1n) is 8.63. The molecule has 9 heteroatoms. The molecule has 4 rings (SSSR count). The van der Waals surface area contributed by atoms with Crippen LogP contribution in [0.5, 0.6) is 11.5 Å². The van der Waals surface area contributed by atoms with E-state index in [0.29, 0.717) is 17.3 Å². The number of nitrogens with zero attached hydrogens (tertiary/aromatic N) is 4. The largest absolute Gasteiger partial charge is 0.454 e. The molecule has 3 heterocycles. The molecule has 1 amide bonds. The van der Waals surface area contributed by atoms with Crippen molar-refractivity contribution in [1.29, 1.82) is 0 Å². The first-order valence-corrected chi connectivity index (χ1v) is 8.63. The van der Waals surface area contributed by atoms with Crippen LogP contribution in [0.1, 0.15) is 5.56 Å². The van der Waals surface area contributed by atoms with Crippen LogP contribution in [0.4, 0.5) is 0 Å². The Kier molecular flexibility index (Phi) is 4.87. The fraction of sp³-hybridized carbons (Fsp3) is 0.158. The zero-order valence-electron chi connectivity index (χ0n) is 14.8. The highest BCUT2D eigenvalue weighted by atomic mass is 16.7. The quantitative estimate of drug-likeness (QED) is 0.641. The molecular weight excluding hydrogens is 362 g/mol. The summed E-state index contributed by atoms with van der Waals surface area (Å²) in [5.41, 5.74) is 0.574. The number of amides is 1. The Bertz CT molecular complexity index is 1070. The minimum absolute atomic E-state index is 0.206. The average molecular weight is 379 g/mol. The minimum atomic E-state index is -0.269. The lowest BCUT2D eigenvalue weighted by molar-refractivity contribution is -0.116. The van der Waals surface area contributed by atoms with Crippen molar-refractivity contribution in [3.05, 3.63) is 70.8 Å². The van der Waals surface area contributed by atoms with Crippen LogP contribution < -0.4 is 20.3 Å². The number of rotatable bonds is 6. The van der Waals surface area contributed by atoms with E-state index in [1.807, 2.05) is 6.07 Å². The lowest BCUT2D eigenvalue weighted by Gasteiger charge is -2.07. The molecule has 0 radical (unpaired) electrons. The van der Waals surface area contributed by atoms with Crippen LogP contribution in [-0.4, -0.2) is 38.8 Å². The fourth-order valence-corrected chi connectivity index (χ4v) is 2.66. The van der Waals surface area contributed by atoms with Gasteiger partial charge in [-0.25, -0.2) is 9.36 Å². The van der Waals surface area contributed by atoms with Crippen molar-refractivity contribution in [2.75, 3.05) is 13.3 Å². The first kappa shape index (κ1) is 17.5. The zero-order valence-corrected chi connectivity index (χ0v) is 14.8. The van der Waals surface area contributed by atoms with E-state index < -0.39 is 0 Å². The van der Waals surface area contributed by atoms with E-state index in [4.69, 9.17) is 9.47 Å². The van der Waals surface area contributed by atoms with E-state index in [0.717, 1.165) is 5.56 Å². The Morgan fingerprint density at radius 1 is 1.21 bits per heavy atom. The van der Waals surface area contributed by atoms with Gasteiger partial charge in [0, 0.05) is 31.1 Å². The number of hydrogen-bond donors (Lipinski definition) is 1. The van der Waals surface area contributed by atoms with Gasteiger partial charge in [0.05, 0.1) is 6.54 Å². The summed E-state index contributed by atoms with van der Waals surface area (Å²) >= 11 is 0. The molecule has 28 heavy (non-hydrogen) atoms. The molecule has 1 aliphatic rings. The Balaban J connectivity index is 1.33. The van der Waals surface area contributed by atoms with Gasteiger partial charge in [-0.15, -0.1) is 5.10 Å². The number of ether oxygens (including phenoxy) is 2. The summed E-state index contributed by atoms with van der Waals surface area (Å²) in [5.74, 6) is 1.61. The van der Waals surface area contributed by atoms with E-state index in [9.17, 15) is 9.59 Å². The van der Waals surface area contributed by atoms with Crippen molar-refractivity contribution in [3.8, 4) is 17.3 Å². The molecule has 0 atom stereocenters. The Morgan fingerprint density at radius 2 is 2.11 bits per heavy atom. The zero-order chi connectivity index (χ0) is 19.3. The predicted octanol–water partition coefficient (Wildman–Crippen LogP) is 0.987. The van der Waals surface area contributed by atoms with Crippen LogP contribution >= 0.6 is 0 Å². The smallest absolute Gasteiger partial charge is 0.266 e. The third-order valence-electron chi connectivity index (χ3n) is 4.04. The number of benzene rings is 1. The molecule has 0 unspecified atom stereocenters. The molecule has 142 valence electrons. The van der Waals surface area contributed by atoms with Gasteiger partial charge in [-0.05, 0) is 35.9 Å². The molecule has 0 saturated heterocycles. The molecule has 0 aliphatic carbocycles. The van der Waals surface area contributed by atoms with Crippen molar-refractivity contribution >= 4 is 12.0 Å². The second-order valence-corrected chi connectivity index (χ2v) is 5.94. The van der Waals surface area contributed by atoms with Gasteiger partial charge in [0.1, 0.15) is 0 Å². The summed E-state index contributed by atoms with van der Waals surface area (Å²) in [5, 5.41) is 11.1. The summed E-state index contributed by atoms with van der Waals surface area (Å²) in [4.78, 5) is 23.9. The van der Waals surface area contributed by atoms with Crippen molar-refractivity contribution in [2.45, 2.75) is 6.54 Å². The molecule has 1 aliphatic heterocycles. The van der Waals surface area contributed by atoms with Crippen LogP contribution in [0.15, 0.2) is 59.7 Å². The molecule has 0 spiro atoms. The lowest BCUT2D eigenvalue weighted by Crippen LogP contribution is -2.31. The van der Waals surface area contributed by atoms with E-state index in [2.05, 4.69) is 15.5 Å². The highest BCUT2D eigenvalue weighted by Crippen LogP contribution is 2.32. The number of nitrogens with one attached hydrogen (secondary N) is 1. The number of aromatic nitrogens is 4. The standard InChI is InChI=1S/C19H17N5O4/c25-18(6-3-14-2-4-15-16(12-14)28-13-27-15)20-9-11-24-19(26)7-5-17(22-24)23-10-1-8-21-23/h1-8,10,12H,9,11,13H2,(H,20,25)/b6-3+. The van der Waals surface area contributed by atoms with Gasteiger partial charge < -0.3 is 14.8 Å².